The van der Waals surface area contributed by atoms with Crippen LogP contribution in [0.1, 0.15) is 11.4 Å². The van der Waals surface area contributed by atoms with Gasteiger partial charge in [-0.2, -0.15) is 4.98 Å². The Bertz CT molecular complexity index is 836. The topological polar surface area (TPSA) is 110 Å². The molecule has 0 unspecified atom stereocenters. The van der Waals surface area contributed by atoms with Crippen LogP contribution >= 0.6 is 23.5 Å². The first-order valence-electron chi connectivity index (χ1n) is 7.51. The Morgan fingerprint density at radius 1 is 1.36 bits per heavy atom. The molecule has 0 aliphatic carbocycles. The van der Waals surface area contributed by atoms with Crippen LogP contribution in [0.4, 0.5) is 4.79 Å². The Labute approximate surface area is 151 Å². The van der Waals surface area contributed by atoms with Gasteiger partial charge in [-0.05, 0) is 19.9 Å². The molecule has 25 heavy (non-hydrogen) atoms. The van der Waals surface area contributed by atoms with Gasteiger partial charge >= 0.3 is 0 Å². The van der Waals surface area contributed by atoms with Crippen molar-refractivity contribution in [2.24, 2.45) is 0 Å². The molecule has 132 valence electrons. The number of imide groups is 1. The number of thioether (sulfide) groups is 2. The van der Waals surface area contributed by atoms with Crippen LogP contribution in [-0.4, -0.2) is 66.1 Å². The van der Waals surface area contributed by atoms with Crippen LogP contribution in [0.15, 0.2) is 11.2 Å². The summed E-state index contributed by atoms with van der Waals surface area (Å²) in [5, 5.41) is 7.20. The average Bonchev–Trinajstić information content (AvgIpc) is 3.10. The summed E-state index contributed by atoms with van der Waals surface area (Å²) in [4.78, 5) is 44.5. The first-order valence-corrected chi connectivity index (χ1v) is 9.49. The zero-order chi connectivity index (χ0) is 18.0. The van der Waals surface area contributed by atoms with Gasteiger partial charge in [0.2, 0.25) is 17.0 Å². The molecule has 3 rings (SSSR count). The quantitative estimate of drug-likeness (QED) is 0.727. The minimum absolute atomic E-state index is 0.144. The number of nitrogens with zero attached hydrogens (tertiary/aromatic N) is 5. The summed E-state index contributed by atoms with van der Waals surface area (Å²) in [6.45, 7) is 4.22. The van der Waals surface area contributed by atoms with E-state index in [0.29, 0.717) is 10.9 Å². The van der Waals surface area contributed by atoms with Crippen LogP contribution < -0.4 is 5.32 Å². The lowest BCUT2D eigenvalue weighted by molar-refractivity contribution is -0.125. The minimum atomic E-state index is -0.263. The standard InChI is InChI=1S/C14H16N6O3S2/c1-8-5-9(2)20-12(16-8)17-13(18-20)24-6-10(21)15-3-4-19-11(22)7-25-14(19)23/h5H,3-4,6-7H2,1-2H3,(H,15,21). The van der Waals surface area contributed by atoms with Gasteiger partial charge in [0.1, 0.15) is 0 Å². The number of carbonyl (C=O) groups excluding carboxylic acids is 3. The predicted octanol–water partition coefficient (Wildman–Crippen LogP) is 0.645. The van der Waals surface area contributed by atoms with E-state index in [2.05, 4.69) is 20.4 Å². The van der Waals surface area contributed by atoms with Gasteiger partial charge in [0, 0.05) is 24.5 Å². The fourth-order valence-electron chi connectivity index (χ4n) is 2.29. The summed E-state index contributed by atoms with van der Waals surface area (Å²) in [5.74, 6) is 0.395. The number of hydrogen-bond donors (Lipinski definition) is 1. The van der Waals surface area contributed by atoms with Gasteiger partial charge in [-0.3, -0.25) is 19.3 Å². The number of fused-ring (bicyclic) bond motifs is 1. The van der Waals surface area contributed by atoms with E-state index in [9.17, 15) is 14.4 Å². The smallest absolute Gasteiger partial charge is 0.288 e. The summed E-state index contributed by atoms with van der Waals surface area (Å²) >= 11 is 2.19. The molecule has 0 aromatic carbocycles. The molecule has 2 aromatic heterocycles. The first-order chi connectivity index (χ1) is 11.9. The summed E-state index contributed by atoms with van der Waals surface area (Å²) < 4.78 is 1.63. The number of carbonyl (C=O) groups is 3. The second kappa shape index (κ2) is 7.40. The normalized spacial score (nSPS) is 14.6. The molecule has 1 aliphatic heterocycles. The van der Waals surface area contributed by atoms with Gasteiger partial charge in [0.25, 0.3) is 11.0 Å². The van der Waals surface area contributed by atoms with Crippen molar-refractivity contribution in [1.82, 2.24) is 29.8 Å². The van der Waals surface area contributed by atoms with Gasteiger partial charge in [-0.1, -0.05) is 23.5 Å². The lowest BCUT2D eigenvalue weighted by atomic mass is 10.4. The molecule has 3 amide bonds. The van der Waals surface area contributed by atoms with Gasteiger partial charge in [0.05, 0.1) is 11.5 Å². The van der Waals surface area contributed by atoms with E-state index in [0.717, 1.165) is 28.0 Å². The Hall–Kier alpha value is -2.14. The highest BCUT2D eigenvalue weighted by molar-refractivity contribution is 8.14. The predicted molar refractivity (Wildman–Crippen MR) is 93.6 cm³/mol. The lowest BCUT2D eigenvalue weighted by Crippen LogP contribution is -2.38. The average molecular weight is 380 g/mol. The molecule has 1 fully saturated rings. The SMILES string of the molecule is Cc1cc(C)n2nc(SCC(=O)NCCN3C(=O)CSC3=O)nc2n1. The highest BCUT2D eigenvalue weighted by Gasteiger charge is 2.29. The van der Waals surface area contributed by atoms with Crippen molar-refractivity contribution in [2.45, 2.75) is 19.0 Å². The van der Waals surface area contributed by atoms with E-state index in [4.69, 9.17) is 0 Å². The minimum Gasteiger partial charge on any atom is -0.354 e. The molecule has 0 saturated carbocycles. The lowest BCUT2D eigenvalue weighted by Gasteiger charge is -2.12. The number of amides is 3. The first kappa shape index (κ1) is 17.7. The molecule has 2 aromatic rings. The number of aryl methyl sites for hydroxylation is 2. The van der Waals surface area contributed by atoms with Crippen molar-refractivity contribution < 1.29 is 14.4 Å². The van der Waals surface area contributed by atoms with Crippen molar-refractivity contribution >= 4 is 46.4 Å². The number of aromatic nitrogens is 4. The molecule has 0 spiro atoms. The molecule has 9 nitrogen and oxygen atoms in total. The zero-order valence-corrected chi connectivity index (χ0v) is 15.3. The second-order valence-electron chi connectivity index (χ2n) is 5.38. The Morgan fingerprint density at radius 2 is 2.16 bits per heavy atom. The monoisotopic (exact) mass is 380 g/mol. The van der Waals surface area contributed by atoms with Gasteiger partial charge in [-0.25, -0.2) is 9.50 Å². The Kier molecular flexibility index (Phi) is 5.23. The third-order valence-electron chi connectivity index (χ3n) is 3.43. The van der Waals surface area contributed by atoms with Gasteiger partial charge in [0.15, 0.2) is 0 Å². The molecular weight excluding hydrogens is 364 g/mol. The molecule has 0 bridgehead atoms. The van der Waals surface area contributed by atoms with Crippen molar-refractivity contribution in [3.05, 3.63) is 17.5 Å². The van der Waals surface area contributed by atoms with Crippen LogP contribution in [0.3, 0.4) is 0 Å². The largest absolute Gasteiger partial charge is 0.354 e. The summed E-state index contributed by atoms with van der Waals surface area (Å²) in [5.41, 5.74) is 1.78. The molecule has 0 radical (unpaired) electrons. The van der Waals surface area contributed by atoms with E-state index in [1.165, 1.54) is 11.8 Å². The second-order valence-corrected chi connectivity index (χ2v) is 7.25. The molecule has 1 aliphatic rings. The maximum atomic E-state index is 11.9. The van der Waals surface area contributed by atoms with Crippen LogP contribution in [0.2, 0.25) is 0 Å². The third kappa shape index (κ3) is 4.10. The molecular formula is C14H16N6O3S2. The maximum Gasteiger partial charge on any atom is 0.288 e. The number of rotatable bonds is 6. The molecule has 11 heteroatoms. The van der Waals surface area contributed by atoms with E-state index in [1.807, 2.05) is 19.9 Å². The van der Waals surface area contributed by atoms with Crippen LogP contribution in [0.5, 0.6) is 0 Å². The van der Waals surface area contributed by atoms with E-state index in [1.54, 1.807) is 4.52 Å². The highest BCUT2D eigenvalue weighted by Crippen LogP contribution is 2.18. The van der Waals surface area contributed by atoms with Crippen LogP contribution in [0.25, 0.3) is 5.78 Å². The summed E-state index contributed by atoms with van der Waals surface area (Å²) in [6.07, 6.45) is 0. The van der Waals surface area contributed by atoms with Crippen LogP contribution in [0, 0.1) is 13.8 Å². The molecule has 1 saturated heterocycles. The summed E-state index contributed by atoms with van der Waals surface area (Å²) in [6, 6.07) is 1.90. The van der Waals surface area contributed by atoms with Crippen molar-refractivity contribution in [2.75, 3.05) is 24.6 Å². The Morgan fingerprint density at radius 3 is 2.88 bits per heavy atom. The fraction of sp³-hybridized carbons (Fsp3) is 0.429. The van der Waals surface area contributed by atoms with Crippen molar-refractivity contribution in [3.8, 4) is 0 Å². The highest BCUT2D eigenvalue weighted by atomic mass is 32.2. The van der Waals surface area contributed by atoms with Crippen LogP contribution in [-0.2, 0) is 9.59 Å². The van der Waals surface area contributed by atoms with E-state index >= 15 is 0 Å². The van der Waals surface area contributed by atoms with Gasteiger partial charge in [-0.15, -0.1) is 5.10 Å². The van der Waals surface area contributed by atoms with Crippen molar-refractivity contribution in [3.63, 3.8) is 0 Å². The fourth-order valence-corrected chi connectivity index (χ4v) is 3.69. The van der Waals surface area contributed by atoms with E-state index in [-0.39, 0.29) is 41.6 Å². The number of nitrogens with one attached hydrogen (secondary N) is 1. The number of hydrogen-bond acceptors (Lipinski definition) is 8. The summed E-state index contributed by atoms with van der Waals surface area (Å²) in [7, 11) is 0. The van der Waals surface area contributed by atoms with Gasteiger partial charge < -0.3 is 5.32 Å². The third-order valence-corrected chi connectivity index (χ3v) is 5.13. The van der Waals surface area contributed by atoms with E-state index < -0.39 is 0 Å². The Balaban J connectivity index is 1.48. The molecule has 3 heterocycles. The molecule has 0 atom stereocenters. The zero-order valence-electron chi connectivity index (χ0n) is 13.7. The molecule has 1 N–H and O–H groups in total. The van der Waals surface area contributed by atoms with Crippen molar-refractivity contribution in [1.29, 1.82) is 0 Å². The maximum absolute atomic E-state index is 11.9.